The van der Waals surface area contributed by atoms with Gasteiger partial charge in [0.2, 0.25) is 5.91 Å². The van der Waals surface area contributed by atoms with Crippen molar-refractivity contribution in [2.75, 3.05) is 6.54 Å². The Morgan fingerprint density at radius 2 is 1.83 bits per heavy atom. The minimum Gasteiger partial charge on any atom is -0.355 e. The van der Waals surface area contributed by atoms with Crippen LogP contribution in [-0.2, 0) is 11.3 Å². The molecule has 146 valence electrons. The maximum Gasteiger partial charge on any atom is 0.221 e. The maximum absolute atomic E-state index is 12.5. The van der Waals surface area contributed by atoms with E-state index in [1.54, 1.807) is 18.6 Å². The number of aromatic nitrogens is 3. The molecule has 0 aliphatic carbocycles. The molecule has 1 amide bonds. The van der Waals surface area contributed by atoms with Gasteiger partial charge in [-0.15, -0.1) is 0 Å². The molecule has 0 radical (unpaired) electrons. The van der Waals surface area contributed by atoms with Crippen molar-refractivity contribution in [3.05, 3.63) is 84.8 Å². The van der Waals surface area contributed by atoms with Crippen LogP contribution in [0.1, 0.15) is 24.8 Å². The zero-order valence-electron chi connectivity index (χ0n) is 16.5. The monoisotopic (exact) mass is 384 g/mol. The number of carbonyl (C=O) groups is 1. The minimum atomic E-state index is 0.0474. The Bertz CT molecular complexity index is 1090. The van der Waals surface area contributed by atoms with Gasteiger partial charge in [0.1, 0.15) is 5.65 Å². The Morgan fingerprint density at radius 1 is 1.03 bits per heavy atom. The lowest BCUT2D eigenvalue weighted by Crippen LogP contribution is -2.28. The molecule has 0 aliphatic heterocycles. The number of amides is 1. The second-order valence-corrected chi connectivity index (χ2v) is 7.20. The fourth-order valence-electron chi connectivity index (χ4n) is 3.54. The minimum absolute atomic E-state index is 0.0474. The van der Waals surface area contributed by atoms with Crippen molar-refractivity contribution in [1.29, 1.82) is 0 Å². The summed E-state index contributed by atoms with van der Waals surface area (Å²) in [6.45, 7) is 3.33. The normalized spacial score (nSPS) is 12.0. The molecule has 5 heteroatoms. The van der Waals surface area contributed by atoms with Gasteiger partial charge in [0, 0.05) is 49.1 Å². The Morgan fingerprint density at radius 3 is 2.62 bits per heavy atom. The van der Waals surface area contributed by atoms with Gasteiger partial charge in [-0.3, -0.25) is 9.78 Å². The molecule has 0 fully saturated rings. The van der Waals surface area contributed by atoms with Crippen LogP contribution in [0, 0.1) is 0 Å². The molecule has 1 aromatic carbocycles. The lowest BCUT2D eigenvalue weighted by Gasteiger charge is -2.14. The third-order valence-electron chi connectivity index (χ3n) is 5.17. The number of nitrogens with zero attached hydrogens (tertiary/aromatic N) is 3. The van der Waals surface area contributed by atoms with Gasteiger partial charge in [-0.25, -0.2) is 4.98 Å². The van der Waals surface area contributed by atoms with E-state index in [0.717, 1.165) is 22.3 Å². The number of rotatable bonds is 7. The predicted octanol–water partition coefficient (Wildman–Crippen LogP) is 4.41. The number of hydrogen-bond donors (Lipinski definition) is 1. The highest BCUT2D eigenvalue weighted by Crippen LogP contribution is 2.27. The second-order valence-electron chi connectivity index (χ2n) is 7.20. The fourth-order valence-corrected chi connectivity index (χ4v) is 3.54. The first kappa shape index (κ1) is 18.9. The zero-order valence-corrected chi connectivity index (χ0v) is 16.5. The number of nitrogens with one attached hydrogen (secondary N) is 1. The van der Waals surface area contributed by atoms with Gasteiger partial charge in [0.25, 0.3) is 0 Å². The number of aryl methyl sites for hydroxylation is 1. The van der Waals surface area contributed by atoms with Gasteiger partial charge < -0.3 is 9.88 Å². The topological polar surface area (TPSA) is 59.8 Å². The predicted molar refractivity (Wildman–Crippen MR) is 115 cm³/mol. The number of hydrogen-bond acceptors (Lipinski definition) is 3. The van der Waals surface area contributed by atoms with Crippen molar-refractivity contribution < 1.29 is 4.79 Å². The summed E-state index contributed by atoms with van der Waals surface area (Å²) in [4.78, 5) is 21.1. The van der Waals surface area contributed by atoms with E-state index in [9.17, 15) is 4.79 Å². The SMILES string of the molecule is C[C@H](CNC(=O)CCn1c(-c2ccncc2)cc2cccnc21)c1ccccc1. The molecule has 0 aliphatic rings. The summed E-state index contributed by atoms with van der Waals surface area (Å²) < 4.78 is 2.12. The number of fused-ring (bicyclic) bond motifs is 1. The van der Waals surface area contributed by atoms with Crippen molar-refractivity contribution in [2.24, 2.45) is 0 Å². The molecule has 3 heterocycles. The van der Waals surface area contributed by atoms with Crippen molar-refractivity contribution in [3.8, 4) is 11.3 Å². The molecule has 0 bridgehead atoms. The lowest BCUT2D eigenvalue weighted by atomic mass is 10.0. The van der Waals surface area contributed by atoms with Gasteiger partial charge in [0.05, 0.1) is 5.69 Å². The van der Waals surface area contributed by atoms with Crippen LogP contribution in [0.3, 0.4) is 0 Å². The first-order valence-corrected chi connectivity index (χ1v) is 9.88. The van der Waals surface area contributed by atoms with E-state index in [0.29, 0.717) is 19.5 Å². The highest BCUT2D eigenvalue weighted by Gasteiger charge is 2.13. The Labute approximate surface area is 170 Å². The molecular formula is C24H24N4O. The van der Waals surface area contributed by atoms with Crippen LogP contribution in [-0.4, -0.2) is 27.0 Å². The second kappa shape index (κ2) is 8.69. The number of carbonyl (C=O) groups excluding carboxylic acids is 1. The summed E-state index contributed by atoms with van der Waals surface area (Å²) in [7, 11) is 0. The van der Waals surface area contributed by atoms with E-state index in [1.807, 2.05) is 42.5 Å². The van der Waals surface area contributed by atoms with E-state index < -0.39 is 0 Å². The van der Waals surface area contributed by atoms with Crippen LogP contribution < -0.4 is 5.32 Å². The summed E-state index contributed by atoms with van der Waals surface area (Å²) in [6.07, 6.45) is 5.75. The lowest BCUT2D eigenvalue weighted by molar-refractivity contribution is -0.121. The molecule has 4 aromatic rings. The molecule has 1 N–H and O–H groups in total. The molecule has 3 aromatic heterocycles. The van der Waals surface area contributed by atoms with Gasteiger partial charge in [0.15, 0.2) is 0 Å². The summed E-state index contributed by atoms with van der Waals surface area (Å²) in [5.74, 6) is 0.327. The molecule has 0 saturated heterocycles. The molecule has 4 rings (SSSR count). The van der Waals surface area contributed by atoms with Gasteiger partial charge >= 0.3 is 0 Å². The van der Waals surface area contributed by atoms with E-state index in [1.165, 1.54) is 5.56 Å². The van der Waals surface area contributed by atoms with Crippen molar-refractivity contribution in [3.63, 3.8) is 0 Å². The van der Waals surface area contributed by atoms with E-state index in [4.69, 9.17) is 0 Å². The van der Waals surface area contributed by atoms with Crippen molar-refractivity contribution in [1.82, 2.24) is 19.9 Å². The molecule has 0 spiro atoms. The molecular weight excluding hydrogens is 360 g/mol. The van der Waals surface area contributed by atoms with Crippen LogP contribution in [0.25, 0.3) is 22.3 Å². The van der Waals surface area contributed by atoms with Crippen LogP contribution in [0.15, 0.2) is 79.3 Å². The fraction of sp³-hybridized carbons (Fsp3) is 0.208. The Kier molecular flexibility index (Phi) is 5.66. The van der Waals surface area contributed by atoms with Gasteiger partial charge in [-0.2, -0.15) is 0 Å². The molecule has 0 unspecified atom stereocenters. The van der Waals surface area contributed by atoms with Gasteiger partial charge in [-0.1, -0.05) is 37.3 Å². The highest BCUT2D eigenvalue weighted by atomic mass is 16.1. The van der Waals surface area contributed by atoms with Crippen LogP contribution in [0.2, 0.25) is 0 Å². The quantitative estimate of drug-likeness (QED) is 0.513. The van der Waals surface area contributed by atoms with Crippen molar-refractivity contribution in [2.45, 2.75) is 25.8 Å². The van der Waals surface area contributed by atoms with Crippen LogP contribution in [0.4, 0.5) is 0 Å². The summed E-state index contributed by atoms with van der Waals surface area (Å²) in [5, 5.41) is 4.14. The van der Waals surface area contributed by atoms with Crippen LogP contribution in [0.5, 0.6) is 0 Å². The standard InChI is InChI=1S/C24H24N4O/c1-18(19-6-3-2-4-7-19)17-27-23(29)11-15-28-22(20-9-13-25-14-10-20)16-21-8-5-12-26-24(21)28/h2-10,12-14,16,18H,11,15,17H2,1H3,(H,27,29)/t18-/m1/s1. The number of pyridine rings is 2. The molecule has 29 heavy (non-hydrogen) atoms. The molecule has 5 nitrogen and oxygen atoms in total. The zero-order chi connectivity index (χ0) is 20.1. The third-order valence-corrected chi connectivity index (χ3v) is 5.17. The summed E-state index contributed by atoms with van der Waals surface area (Å²) in [5.41, 5.74) is 4.24. The number of benzene rings is 1. The van der Waals surface area contributed by atoms with E-state index >= 15 is 0 Å². The molecule has 0 saturated carbocycles. The Hall–Kier alpha value is -3.47. The van der Waals surface area contributed by atoms with Crippen LogP contribution >= 0.6 is 0 Å². The highest BCUT2D eigenvalue weighted by molar-refractivity contribution is 5.84. The molecule has 1 atom stereocenters. The smallest absolute Gasteiger partial charge is 0.221 e. The Balaban J connectivity index is 1.46. The average Bonchev–Trinajstić information content (AvgIpc) is 3.16. The van der Waals surface area contributed by atoms with Crippen molar-refractivity contribution >= 4 is 16.9 Å². The average molecular weight is 384 g/mol. The van der Waals surface area contributed by atoms with E-state index in [2.05, 4.69) is 45.0 Å². The first-order chi connectivity index (χ1) is 14.2. The first-order valence-electron chi connectivity index (χ1n) is 9.88. The largest absolute Gasteiger partial charge is 0.355 e. The van der Waals surface area contributed by atoms with Gasteiger partial charge in [-0.05, 0) is 41.8 Å². The summed E-state index contributed by atoms with van der Waals surface area (Å²) in [6, 6.07) is 20.3. The van der Waals surface area contributed by atoms with E-state index in [-0.39, 0.29) is 11.8 Å². The third kappa shape index (κ3) is 4.35. The summed E-state index contributed by atoms with van der Waals surface area (Å²) >= 11 is 0. The maximum atomic E-state index is 12.5.